The highest BCUT2D eigenvalue weighted by atomic mass is 16.7. The van der Waals surface area contributed by atoms with Crippen molar-refractivity contribution in [2.45, 2.75) is 31.5 Å². The van der Waals surface area contributed by atoms with Gasteiger partial charge in [0.15, 0.2) is 12.0 Å². The third kappa shape index (κ3) is 4.63. The first-order valence-corrected chi connectivity index (χ1v) is 8.86. The molecule has 5 N–H and O–H groups in total. The Hall–Kier alpha value is -3.32. The van der Waals surface area contributed by atoms with Gasteiger partial charge in [-0.25, -0.2) is 9.59 Å². The van der Waals surface area contributed by atoms with Crippen LogP contribution in [0.2, 0.25) is 0 Å². The van der Waals surface area contributed by atoms with Crippen LogP contribution in [0.3, 0.4) is 0 Å². The van der Waals surface area contributed by atoms with Crippen molar-refractivity contribution in [3.05, 3.63) is 52.6 Å². The van der Waals surface area contributed by atoms with Gasteiger partial charge in [-0.1, -0.05) is 6.07 Å². The van der Waals surface area contributed by atoms with Crippen LogP contribution >= 0.6 is 0 Å². The molecular weight excluding hydrogens is 400 g/mol. The summed E-state index contributed by atoms with van der Waals surface area (Å²) in [5.74, 6) is -1.16. The van der Waals surface area contributed by atoms with Crippen LogP contribution in [0, 0.1) is 0 Å². The van der Waals surface area contributed by atoms with Gasteiger partial charge in [-0.05, 0) is 18.2 Å². The summed E-state index contributed by atoms with van der Waals surface area (Å²) in [4.78, 5) is 44.1. The third-order valence-electron chi connectivity index (χ3n) is 4.29. The first-order chi connectivity index (χ1) is 14.3. The molecule has 0 spiro atoms. The number of nitrogens with zero attached hydrogens (tertiary/aromatic N) is 2. The molecule has 1 saturated heterocycles. The standard InChI is InChI=1S/C18H20N4O8/c1-9(24)19-11-4-2-3-10(7-11)17(27)30-21-13-5-6-22(18(28)20-13)16-15(26)14(25)12(8-23)29-16/h2-7,12,14-16,23,25-26H,8H2,1H3,(H,19,24)(H,20,21,28)/t12-,14-,15-,16-/m1/s1. The molecule has 12 nitrogen and oxygen atoms in total. The van der Waals surface area contributed by atoms with E-state index in [2.05, 4.69) is 15.8 Å². The minimum atomic E-state index is -1.44. The van der Waals surface area contributed by atoms with Gasteiger partial charge in [0, 0.05) is 24.9 Å². The molecule has 1 fully saturated rings. The molecule has 0 unspecified atom stereocenters. The van der Waals surface area contributed by atoms with Crippen molar-refractivity contribution in [3.8, 4) is 0 Å². The van der Waals surface area contributed by atoms with Gasteiger partial charge in [-0.3, -0.25) is 9.36 Å². The lowest BCUT2D eigenvalue weighted by Gasteiger charge is -2.17. The second kappa shape index (κ2) is 9.00. The van der Waals surface area contributed by atoms with Gasteiger partial charge in [-0.15, -0.1) is 0 Å². The number of aromatic nitrogens is 2. The Labute approximate surface area is 169 Å². The van der Waals surface area contributed by atoms with Crippen LogP contribution in [-0.4, -0.2) is 61.7 Å². The first-order valence-electron chi connectivity index (χ1n) is 8.86. The molecule has 3 rings (SSSR count). The van der Waals surface area contributed by atoms with E-state index in [0.717, 1.165) is 4.57 Å². The predicted octanol–water partition coefficient (Wildman–Crippen LogP) is -1.00. The Bertz CT molecular complexity index is 994. The normalized spacial score (nSPS) is 23.1. The van der Waals surface area contributed by atoms with Crippen molar-refractivity contribution in [2.24, 2.45) is 0 Å². The zero-order chi connectivity index (χ0) is 21.8. The minimum Gasteiger partial charge on any atom is -0.394 e. The summed E-state index contributed by atoms with van der Waals surface area (Å²) in [5.41, 5.74) is 1.96. The van der Waals surface area contributed by atoms with Gasteiger partial charge in [0.1, 0.15) is 18.3 Å². The van der Waals surface area contributed by atoms with E-state index in [-0.39, 0.29) is 17.3 Å². The maximum absolute atomic E-state index is 12.2. The number of rotatable bonds is 6. The molecule has 0 bridgehead atoms. The Morgan fingerprint density at radius 1 is 1.27 bits per heavy atom. The van der Waals surface area contributed by atoms with Crippen LogP contribution in [-0.2, 0) is 14.4 Å². The maximum Gasteiger partial charge on any atom is 0.362 e. The number of carbonyl (C=O) groups excluding carboxylic acids is 2. The summed E-state index contributed by atoms with van der Waals surface area (Å²) in [6, 6.07) is 7.34. The first kappa shape index (κ1) is 21.4. The largest absolute Gasteiger partial charge is 0.394 e. The molecule has 2 aromatic rings. The second-order valence-electron chi connectivity index (χ2n) is 6.49. The SMILES string of the molecule is CC(=O)Nc1cccc(C(=O)ONc2ccn([C@@H]3O[C@H](CO)[C@@H](O)[C@H]3O)c(=O)n2)c1. The lowest BCUT2D eigenvalue weighted by atomic mass is 10.1. The quantitative estimate of drug-likeness (QED) is 0.365. The van der Waals surface area contributed by atoms with Crippen LogP contribution in [0.5, 0.6) is 0 Å². The zero-order valence-electron chi connectivity index (χ0n) is 15.8. The van der Waals surface area contributed by atoms with Gasteiger partial charge in [0.05, 0.1) is 12.2 Å². The summed E-state index contributed by atoms with van der Waals surface area (Å²) in [6.45, 7) is 0.802. The fourth-order valence-corrected chi connectivity index (χ4v) is 2.86. The van der Waals surface area contributed by atoms with E-state index in [0.29, 0.717) is 5.69 Å². The molecular formula is C18H20N4O8. The molecule has 1 aliphatic rings. The van der Waals surface area contributed by atoms with E-state index in [1.807, 2.05) is 0 Å². The van der Waals surface area contributed by atoms with Crippen molar-refractivity contribution in [3.63, 3.8) is 0 Å². The van der Waals surface area contributed by atoms with Gasteiger partial charge in [0.2, 0.25) is 5.91 Å². The molecule has 1 aromatic carbocycles. The third-order valence-corrected chi connectivity index (χ3v) is 4.29. The Morgan fingerprint density at radius 2 is 2.03 bits per heavy atom. The number of aliphatic hydroxyl groups is 3. The number of anilines is 2. The van der Waals surface area contributed by atoms with E-state index >= 15 is 0 Å². The van der Waals surface area contributed by atoms with Crippen molar-refractivity contribution in [2.75, 3.05) is 17.4 Å². The van der Waals surface area contributed by atoms with Crippen molar-refractivity contribution in [1.82, 2.24) is 9.55 Å². The summed E-state index contributed by atoms with van der Waals surface area (Å²) in [5, 5.41) is 31.5. The second-order valence-corrected chi connectivity index (χ2v) is 6.49. The molecule has 30 heavy (non-hydrogen) atoms. The summed E-state index contributed by atoms with van der Waals surface area (Å²) >= 11 is 0. The number of nitrogens with one attached hydrogen (secondary N) is 2. The highest BCUT2D eigenvalue weighted by molar-refractivity contribution is 5.93. The van der Waals surface area contributed by atoms with E-state index in [9.17, 15) is 24.6 Å². The minimum absolute atomic E-state index is 0.0886. The number of aliphatic hydroxyl groups excluding tert-OH is 3. The lowest BCUT2D eigenvalue weighted by Crippen LogP contribution is -2.36. The average Bonchev–Trinajstić information content (AvgIpc) is 3.00. The monoisotopic (exact) mass is 420 g/mol. The topological polar surface area (TPSA) is 172 Å². The molecule has 0 radical (unpaired) electrons. The van der Waals surface area contributed by atoms with Crippen molar-refractivity contribution >= 4 is 23.4 Å². The molecule has 160 valence electrons. The lowest BCUT2D eigenvalue weighted by molar-refractivity contribution is -0.114. The summed E-state index contributed by atoms with van der Waals surface area (Å²) < 4.78 is 6.21. The van der Waals surface area contributed by atoms with Crippen LogP contribution in [0.1, 0.15) is 23.5 Å². The number of ether oxygens (including phenoxy) is 1. The van der Waals surface area contributed by atoms with Crippen molar-refractivity contribution in [1.29, 1.82) is 0 Å². The fourth-order valence-electron chi connectivity index (χ4n) is 2.86. The fraction of sp³-hybridized carbons (Fsp3) is 0.333. The Kier molecular flexibility index (Phi) is 6.42. The number of amides is 1. The smallest absolute Gasteiger partial charge is 0.362 e. The van der Waals surface area contributed by atoms with Crippen LogP contribution in [0.25, 0.3) is 0 Å². The Morgan fingerprint density at radius 3 is 2.67 bits per heavy atom. The molecule has 0 aliphatic carbocycles. The molecule has 2 heterocycles. The Balaban J connectivity index is 1.66. The van der Waals surface area contributed by atoms with Gasteiger partial charge in [-0.2, -0.15) is 10.5 Å². The van der Waals surface area contributed by atoms with E-state index in [1.54, 1.807) is 12.1 Å². The predicted molar refractivity (Wildman–Crippen MR) is 101 cm³/mol. The van der Waals surface area contributed by atoms with E-state index in [1.165, 1.54) is 31.3 Å². The van der Waals surface area contributed by atoms with Crippen LogP contribution in [0.4, 0.5) is 11.5 Å². The highest BCUT2D eigenvalue weighted by Gasteiger charge is 2.43. The summed E-state index contributed by atoms with van der Waals surface area (Å²) in [6.07, 6.45) is -3.84. The molecule has 1 aliphatic heterocycles. The summed E-state index contributed by atoms with van der Waals surface area (Å²) in [7, 11) is 0. The van der Waals surface area contributed by atoms with Gasteiger partial charge in [0.25, 0.3) is 0 Å². The van der Waals surface area contributed by atoms with E-state index in [4.69, 9.17) is 14.7 Å². The molecule has 4 atom stereocenters. The molecule has 12 heteroatoms. The average molecular weight is 420 g/mol. The number of hydrogen-bond acceptors (Lipinski definition) is 10. The maximum atomic E-state index is 12.2. The van der Waals surface area contributed by atoms with Gasteiger partial charge < -0.3 is 30.2 Å². The van der Waals surface area contributed by atoms with Crippen molar-refractivity contribution < 1.29 is 34.5 Å². The zero-order valence-corrected chi connectivity index (χ0v) is 15.8. The number of hydrogen-bond donors (Lipinski definition) is 5. The van der Waals surface area contributed by atoms with Gasteiger partial charge >= 0.3 is 11.7 Å². The van der Waals surface area contributed by atoms with Crippen LogP contribution in [0.15, 0.2) is 41.3 Å². The number of carbonyl (C=O) groups is 2. The number of benzene rings is 1. The van der Waals surface area contributed by atoms with Crippen LogP contribution < -0.4 is 16.5 Å². The molecule has 1 aromatic heterocycles. The molecule has 0 saturated carbocycles. The molecule has 1 amide bonds. The van der Waals surface area contributed by atoms with E-state index < -0.39 is 42.8 Å². The highest BCUT2D eigenvalue weighted by Crippen LogP contribution is 2.28.